The van der Waals surface area contributed by atoms with Crippen molar-refractivity contribution in [3.8, 4) is 0 Å². The summed E-state index contributed by atoms with van der Waals surface area (Å²) in [7, 11) is 0. The quantitative estimate of drug-likeness (QED) is 0.566. The minimum Gasteiger partial charge on any atom is -0.271 e. The van der Waals surface area contributed by atoms with E-state index in [4.69, 9.17) is 12.2 Å². The number of hydrogen-bond acceptors (Lipinski definition) is 5. The molecule has 1 N–H and O–H groups in total. The maximum atomic E-state index is 4.94. The van der Waals surface area contributed by atoms with E-state index in [2.05, 4.69) is 15.3 Å². The normalized spacial score (nSPS) is 11.0. The lowest BCUT2D eigenvalue weighted by Crippen LogP contribution is -1.85. The van der Waals surface area contributed by atoms with Crippen LogP contribution in [0.25, 0.3) is 4.96 Å². The van der Waals surface area contributed by atoms with Crippen molar-refractivity contribution in [2.45, 2.75) is 5.16 Å². The van der Waals surface area contributed by atoms with Crippen LogP contribution in [0, 0.1) is 3.95 Å². The van der Waals surface area contributed by atoms with E-state index >= 15 is 0 Å². The maximum Gasteiger partial charge on any atom is 0.234 e. The van der Waals surface area contributed by atoms with Crippen LogP contribution in [-0.4, -0.2) is 26.1 Å². The second-order valence-electron chi connectivity index (χ2n) is 1.81. The number of nitrogens with zero attached hydrogens (tertiary/aromatic N) is 3. The molecule has 2 rings (SSSR count). The summed E-state index contributed by atoms with van der Waals surface area (Å²) in [6, 6.07) is 0. The first-order valence-corrected chi connectivity index (χ1v) is 5.24. The largest absolute Gasteiger partial charge is 0.271 e. The third-order valence-electron chi connectivity index (χ3n) is 1.17. The van der Waals surface area contributed by atoms with E-state index in [1.807, 2.05) is 6.26 Å². The van der Waals surface area contributed by atoms with E-state index in [9.17, 15) is 0 Å². The highest BCUT2D eigenvalue weighted by Crippen LogP contribution is 2.15. The lowest BCUT2D eigenvalue weighted by molar-refractivity contribution is 0.820. The SMILES string of the molecule is CSc1nnc2sc(=S)[nH]n12. The molecular formula is C4H4N4S3. The van der Waals surface area contributed by atoms with Gasteiger partial charge in [0.15, 0.2) is 3.95 Å². The van der Waals surface area contributed by atoms with Gasteiger partial charge in [-0.1, -0.05) is 23.1 Å². The van der Waals surface area contributed by atoms with Crippen molar-refractivity contribution < 1.29 is 0 Å². The number of fused-ring (bicyclic) bond motifs is 1. The number of hydrogen-bond donors (Lipinski definition) is 1. The van der Waals surface area contributed by atoms with E-state index in [-0.39, 0.29) is 0 Å². The third-order valence-corrected chi connectivity index (χ3v) is 2.87. The smallest absolute Gasteiger partial charge is 0.234 e. The highest BCUT2D eigenvalue weighted by Gasteiger charge is 2.04. The highest BCUT2D eigenvalue weighted by atomic mass is 32.2. The van der Waals surface area contributed by atoms with Gasteiger partial charge in [0.05, 0.1) is 0 Å². The molecule has 0 saturated carbocycles. The lowest BCUT2D eigenvalue weighted by atomic mass is 11.2. The van der Waals surface area contributed by atoms with Crippen LogP contribution in [0.2, 0.25) is 0 Å². The van der Waals surface area contributed by atoms with Gasteiger partial charge in [0.1, 0.15) is 0 Å². The number of rotatable bonds is 1. The van der Waals surface area contributed by atoms with Crippen LogP contribution in [0.15, 0.2) is 5.16 Å². The molecule has 0 aromatic carbocycles. The molecule has 0 fully saturated rings. The summed E-state index contributed by atoms with van der Waals surface area (Å²) in [4.78, 5) is 0.819. The number of H-pyrrole nitrogens is 1. The monoisotopic (exact) mass is 204 g/mol. The van der Waals surface area contributed by atoms with Crippen molar-refractivity contribution in [3.63, 3.8) is 0 Å². The molecule has 0 atom stereocenters. The van der Waals surface area contributed by atoms with Gasteiger partial charge >= 0.3 is 0 Å². The first-order valence-electron chi connectivity index (χ1n) is 2.79. The molecule has 2 heterocycles. The molecule has 0 aliphatic carbocycles. The average molecular weight is 204 g/mol. The molecule has 0 bridgehead atoms. The third kappa shape index (κ3) is 1.09. The molecule has 0 aliphatic rings. The fourth-order valence-corrected chi connectivity index (χ4v) is 2.17. The van der Waals surface area contributed by atoms with Gasteiger partial charge in [-0.25, -0.2) is 0 Å². The molecule has 2 aromatic heterocycles. The Hall–Kier alpha value is -0.400. The van der Waals surface area contributed by atoms with Crippen LogP contribution < -0.4 is 0 Å². The minimum absolute atomic E-state index is 0.727. The Bertz CT molecular complexity index is 424. The molecule has 2 aromatic rings. The Morgan fingerprint density at radius 2 is 2.45 bits per heavy atom. The Labute approximate surface area is 75.6 Å². The first kappa shape index (κ1) is 7.26. The van der Waals surface area contributed by atoms with E-state index in [1.54, 1.807) is 4.52 Å². The van der Waals surface area contributed by atoms with Crippen LogP contribution >= 0.6 is 35.3 Å². The van der Waals surface area contributed by atoms with Gasteiger partial charge in [-0.15, -0.1) is 10.2 Å². The van der Waals surface area contributed by atoms with E-state index in [0.29, 0.717) is 0 Å². The molecule has 0 radical (unpaired) electrons. The van der Waals surface area contributed by atoms with Gasteiger partial charge in [0.25, 0.3) is 0 Å². The predicted octanol–water partition coefficient (Wildman–Crippen LogP) is 1.57. The lowest BCUT2D eigenvalue weighted by Gasteiger charge is -1.85. The first-order chi connectivity index (χ1) is 5.31. The second-order valence-corrected chi connectivity index (χ2v) is 4.22. The Kier molecular flexibility index (Phi) is 1.70. The fraction of sp³-hybridized carbons (Fsp3) is 0.250. The van der Waals surface area contributed by atoms with E-state index < -0.39 is 0 Å². The van der Waals surface area contributed by atoms with E-state index in [0.717, 1.165) is 14.1 Å². The van der Waals surface area contributed by atoms with Crippen molar-refractivity contribution in [2.24, 2.45) is 0 Å². The fourth-order valence-electron chi connectivity index (χ4n) is 0.748. The summed E-state index contributed by atoms with van der Waals surface area (Å²) in [5.74, 6) is 0. The summed E-state index contributed by atoms with van der Waals surface area (Å²) >= 11 is 7.90. The van der Waals surface area contributed by atoms with Crippen LogP contribution in [0.4, 0.5) is 0 Å². The Balaban J connectivity index is 2.83. The number of aromatic nitrogens is 4. The maximum absolute atomic E-state index is 4.94. The average Bonchev–Trinajstić information content (AvgIpc) is 2.45. The van der Waals surface area contributed by atoms with Crippen molar-refractivity contribution >= 4 is 40.3 Å². The van der Waals surface area contributed by atoms with Gasteiger partial charge in [-0.3, -0.25) is 5.10 Å². The Morgan fingerprint density at radius 3 is 3.18 bits per heavy atom. The van der Waals surface area contributed by atoms with Gasteiger partial charge < -0.3 is 0 Å². The number of thioether (sulfide) groups is 1. The zero-order valence-corrected chi connectivity index (χ0v) is 8.02. The van der Waals surface area contributed by atoms with Crippen molar-refractivity contribution in [2.75, 3.05) is 6.26 Å². The molecule has 7 heteroatoms. The molecule has 0 saturated heterocycles. The molecule has 0 aliphatic heterocycles. The minimum atomic E-state index is 0.727. The second kappa shape index (κ2) is 2.58. The molecule has 11 heavy (non-hydrogen) atoms. The van der Waals surface area contributed by atoms with Crippen LogP contribution in [0.3, 0.4) is 0 Å². The van der Waals surface area contributed by atoms with Gasteiger partial charge in [0.2, 0.25) is 10.1 Å². The molecule has 4 nitrogen and oxygen atoms in total. The van der Waals surface area contributed by atoms with Gasteiger partial charge in [0, 0.05) is 0 Å². The van der Waals surface area contributed by atoms with Crippen molar-refractivity contribution in [1.29, 1.82) is 0 Å². The van der Waals surface area contributed by atoms with Gasteiger partial charge in [-0.2, -0.15) is 4.52 Å². The molecule has 0 unspecified atom stereocenters. The molecule has 58 valence electrons. The standard InChI is InChI=1S/C4H4N4S3/c1-10-2-5-6-3-8(2)7-4(9)11-3/h1H3,(H,7,9). The zero-order valence-electron chi connectivity index (χ0n) is 5.57. The van der Waals surface area contributed by atoms with Gasteiger partial charge in [-0.05, 0) is 18.5 Å². The van der Waals surface area contributed by atoms with Crippen LogP contribution in [0.1, 0.15) is 0 Å². The summed E-state index contributed by atoms with van der Waals surface area (Å²) < 4.78 is 2.52. The molecular weight excluding hydrogens is 200 g/mol. The predicted molar refractivity (Wildman–Crippen MR) is 47.8 cm³/mol. The molecule has 0 amide bonds. The van der Waals surface area contributed by atoms with Crippen molar-refractivity contribution in [1.82, 2.24) is 19.8 Å². The summed E-state index contributed by atoms with van der Waals surface area (Å²) in [5, 5.41) is 11.6. The number of aromatic amines is 1. The van der Waals surface area contributed by atoms with Crippen molar-refractivity contribution in [3.05, 3.63) is 3.95 Å². The van der Waals surface area contributed by atoms with Crippen LogP contribution in [0.5, 0.6) is 0 Å². The number of nitrogens with one attached hydrogen (secondary N) is 1. The summed E-state index contributed by atoms with van der Waals surface area (Å²) in [6.07, 6.45) is 1.95. The highest BCUT2D eigenvalue weighted by molar-refractivity contribution is 7.98. The Morgan fingerprint density at radius 1 is 1.64 bits per heavy atom. The summed E-state index contributed by atoms with van der Waals surface area (Å²) in [5.41, 5.74) is 0. The molecule has 0 spiro atoms. The summed E-state index contributed by atoms with van der Waals surface area (Å²) in [6.45, 7) is 0. The zero-order chi connectivity index (χ0) is 7.84. The van der Waals surface area contributed by atoms with Crippen LogP contribution in [-0.2, 0) is 0 Å². The van der Waals surface area contributed by atoms with E-state index in [1.165, 1.54) is 23.1 Å². The topological polar surface area (TPSA) is 46.0 Å².